The van der Waals surface area contributed by atoms with Crippen LogP contribution < -0.4 is 5.32 Å². The van der Waals surface area contributed by atoms with E-state index in [0.717, 1.165) is 25.0 Å². The van der Waals surface area contributed by atoms with Crippen LogP contribution in [0.1, 0.15) is 6.92 Å². The van der Waals surface area contributed by atoms with Crippen LogP contribution in [-0.4, -0.2) is 48.8 Å². The van der Waals surface area contributed by atoms with Crippen molar-refractivity contribution in [3.05, 3.63) is 0 Å². The highest BCUT2D eigenvalue weighted by Gasteiger charge is 2.32. The smallest absolute Gasteiger partial charge is 0.0554 e. The second-order valence-electron chi connectivity index (χ2n) is 4.50. The third-order valence-corrected chi connectivity index (χ3v) is 5.55. The summed E-state index contributed by atoms with van der Waals surface area (Å²) in [6.07, 6.45) is 0. The van der Waals surface area contributed by atoms with Gasteiger partial charge in [0.1, 0.15) is 0 Å². The van der Waals surface area contributed by atoms with Gasteiger partial charge in [0.2, 0.25) is 0 Å². The Morgan fingerprint density at radius 2 is 2.29 bits per heavy atom. The summed E-state index contributed by atoms with van der Waals surface area (Å²) in [6.45, 7) is 6.47. The molecular weight excluding hydrogens is 214 g/mol. The van der Waals surface area contributed by atoms with Crippen LogP contribution in [0.3, 0.4) is 0 Å². The molecule has 0 amide bonds. The number of ether oxygens (including phenoxy) is 1. The molecule has 2 fully saturated rings. The maximum absolute atomic E-state index is 5.23. The molecule has 2 aliphatic rings. The number of hydrogen-bond donors (Lipinski definition) is 1. The zero-order chi connectivity index (χ0) is 9.86. The summed E-state index contributed by atoms with van der Waals surface area (Å²) in [4.78, 5) is 0. The first-order chi connectivity index (χ1) is 6.79. The van der Waals surface area contributed by atoms with Gasteiger partial charge in [0.25, 0.3) is 0 Å². The SMILES string of the molecule is CC1(CNCC2CSCCS2)COC1. The number of thioether (sulfide) groups is 2. The fourth-order valence-corrected chi connectivity index (χ4v) is 4.39. The van der Waals surface area contributed by atoms with Gasteiger partial charge < -0.3 is 10.1 Å². The Kier molecular flexibility index (Phi) is 4.05. The van der Waals surface area contributed by atoms with Crippen molar-refractivity contribution in [1.29, 1.82) is 0 Å². The standard InChI is InChI=1S/C10H19NOS2/c1-10(7-12-8-10)6-11-4-9-5-13-2-3-14-9/h9,11H,2-8H2,1H3. The lowest BCUT2D eigenvalue weighted by Gasteiger charge is -2.38. The van der Waals surface area contributed by atoms with Gasteiger partial charge in [-0.05, 0) is 0 Å². The molecule has 2 saturated heterocycles. The van der Waals surface area contributed by atoms with Crippen LogP contribution in [0.4, 0.5) is 0 Å². The molecular formula is C10H19NOS2. The molecule has 0 bridgehead atoms. The van der Waals surface area contributed by atoms with Gasteiger partial charge in [0.15, 0.2) is 0 Å². The van der Waals surface area contributed by atoms with Crippen LogP contribution in [0.5, 0.6) is 0 Å². The van der Waals surface area contributed by atoms with Crippen LogP contribution >= 0.6 is 23.5 Å². The number of rotatable bonds is 4. The monoisotopic (exact) mass is 233 g/mol. The Morgan fingerprint density at radius 3 is 2.86 bits per heavy atom. The molecule has 1 N–H and O–H groups in total. The molecule has 2 heterocycles. The Bertz CT molecular complexity index is 179. The predicted octanol–water partition coefficient (Wildman–Crippen LogP) is 1.46. The fourth-order valence-electron chi connectivity index (χ4n) is 1.74. The second kappa shape index (κ2) is 5.10. The summed E-state index contributed by atoms with van der Waals surface area (Å²) in [5.74, 6) is 4.00. The zero-order valence-electron chi connectivity index (χ0n) is 8.75. The third kappa shape index (κ3) is 3.05. The van der Waals surface area contributed by atoms with Crippen molar-refractivity contribution in [3.63, 3.8) is 0 Å². The lowest BCUT2D eigenvalue weighted by Crippen LogP contribution is -2.48. The topological polar surface area (TPSA) is 21.3 Å². The van der Waals surface area contributed by atoms with E-state index in [1.54, 1.807) is 0 Å². The van der Waals surface area contributed by atoms with E-state index in [1.165, 1.54) is 23.8 Å². The van der Waals surface area contributed by atoms with Crippen LogP contribution in [0.25, 0.3) is 0 Å². The third-order valence-electron chi connectivity index (χ3n) is 2.71. The normalized spacial score (nSPS) is 31.1. The van der Waals surface area contributed by atoms with E-state index in [4.69, 9.17) is 4.74 Å². The maximum atomic E-state index is 5.23. The van der Waals surface area contributed by atoms with E-state index in [-0.39, 0.29) is 0 Å². The van der Waals surface area contributed by atoms with Crippen molar-refractivity contribution in [2.24, 2.45) is 5.41 Å². The number of nitrogens with one attached hydrogen (secondary N) is 1. The molecule has 2 rings (SSSR count). The quantitative estimate of drug-likeness (QED) is 0.793. The zero-order valence-corrected chi connectivity index (χ0v) is 10.4. The molecule has 0 radical (unpaired) electrons. The van der Waals surface area contributed by atoms with Crippen molar-refractivity contribution < 1.29 is 4.74 Å². The minimum atomic E-state index is 0.423. The molecule has 1 unspecified atom stereocenters. The highest BCUT2D eigenvalue weighted by atomic mass is 32.2. The van der Waals surface area contributed by atoms with E-state index >= 15 is 0 Å². The summed E-state index contributed by atoms with van der Waals surface area (Å²) in [5.41, 5.74) is 0.423. The maximum Gasteiger partial charge on any atom is 0.0554 e. The summed E-state index contributed by atoms with van der Waals surface area (Å²) in [5, 5.41) is 4.42. The van der Waals surface area contributed by atoms with Crippen LogP contribution in [-0.2, 0) is 4.74 Å². The summed E-state index contributed by atoms with van der Waals surface area (Å²) >= 11 is 4.22. The van der Waals surface area contributed by atoms with E-state index in [0.29, 0.717) is 5.41 Å². The van der Waals surface area contributed by atoms with Crippen LogP contribution in [0.2, 0.25) is 0 Å². The second-order valence-corrected chi connectivity index (χ2v) is 7.06. The van der Waals surface area contributed by atoms with Crippen LogP contribution in [0, 0.1) is 5.41 Å². The average molecular weight is 233 g/mol. The molecule has 14 heavy (non-hydrogen) atoms. The predicted molar refractivity (Wildman–Crippen MR) is 65.4 cm³/mol. The van der Waals surface area contributed by atoms with Gasteiger partial charge in [-0.2, -0.15) is 23.5 Å². The lowest BCUT2D eigenvalue weighted by molar-refractivity contribution is -0.0988. The van der Waals surface area contributed by atoms with E-state index in [1.807, 2.05) is 0 Å². The molecule has 0 aromatic rings. The first kappa shape index (κ1) is 11.1. The summed E-state index contributed by atoms with van der Waals surface area (Å²) < 4.78 is 5.23. The molecule has 2 aliphatic heterocycles. The Morgan fingerprint density at radius 1 is 1.43 bits per heavy atom. The van der Waals surface area contributed by atoms with Gasteiger partial charge in [0, 0.05) is 41.0 Å². The largest absolute Gasteiger partial charge is 0.380 e. The van der Waals surface area contributed by atoms with Gasteiger partial charge in [-0.1, -0.05) is 6.92 Å². The van der Waals surface area contributed by atoms with Crippen molar-refractivity contribution in [1.82, 2.24) is 5.32 Å². The van der Waals surface area contributed by atoms with Gasteiger partial charge in [0.05, 0.1) is 13.2 Å². The van der Waals surface area contributed by atoms with Gasteiger partial charge in [-0.15, -0.1) is 0 Å². The Labute approximate surface area is 94.9 Å². The van der Waals surface area contributed by atoms with Gasteiger partial charge in [-0.3, -0.25) is 0 Å². The van der Waals surface area contributed by atoms with E-state index in [9.17, 15) is 0 Å². The molecule has 0 spiro atoms. The molecule has 1 atom stereocenters. The minimum absolute atomic E-state index is 0.423. The number of hydrogen-bond acceptors (Lipinski definition) is 4. The van der Waals surface area contributed by atoms with E-state index < -0.39 is 0 Å². The molecule has 82 valence electrons. The van der Waals surface area contributed by atoms with Gasteiger partial charge >= 0.3 is 0 Å². The average Bonchev–Trinajstić information content (AvgIpc) is 2.17. The van der Waals surface area contributed by atoms with E-state index in [2.05, 4.69) is 35.8 Å². The van der Waals surface area contributed by atoms with Crippen molar-refractivity contribution in [2.45, 2.75) is 12.2 Å². The minimum Gasteiger partial charge on any atom is -0.380 e. The summed E-state index contributed by atoms with van der Waals surface area (Å²) in [7, 11) is 0. The molecule has 0 aromatic carbocycles. The van der Waals surface area contributed by atoms with Crippen molar-refractivity contribution in [3.8, 4) is 0 Å². The fraction of sp³-hybridized carbons (Fsp3) is 1.00. The molecule has 0 aliphatic carbocycles. The summed E-state index contributed by atoms with van der Waals surface area (Å²) in [6, 6.07) is 0. The van der Waals surface area contributed by atoms with Crippen molar-refractivity contribution >= 4 is 23.5 Å². The first-order valence-corrected chi connectivity index (χ1v) is 7.47. The molecule has 0 saturated carbocycles. The van der Waals surface area contributed by atoms with Crippen LogP contribution in [0.15, 0.2) is 0 Å². The Balaban J connectivity index is 1.57. The highest BCUT2D eigenvalue weighted by molar-refractivity contribution is 8.06. The molecule has 2 nitrogen and oxygen atoms in total. The van der Waals surface area contributed by atoms with Crippen molar-refractivity contribution in [2.75, 3.05) is 43.6 Å². The first-order valence-electron chi connectivity index (χ1n) is 5.26. The highest BCUT2D eigenvalue weighted by Crippen LogP contribution is 2.26. The molecule has 4 heteroatoms. The lowest BCUT2D eigenvalue weighted by atomic mass is 9.89. The Hall–Kier alpha value is 0.620. The molecule has 0 aromatic heterocycles. The van der Waals surface area contributed by atoms with Gasteiger partial charge in [-0.25, -0.2) is 0 Å².